The van der Waals surface area contributed by atoms with Crippen molar-refractivity contribution in [3.8, 4) is 0 Å². The lowest BCUT2D eigenvalue weighted by Crippen LogP contribution is -2.16. The number of nitrogens with two attached hydrogens (primary N) is 1. The number of nitrogens with zero attached hydrogens (tertiary/aromatic N) is 2. The molecule has 0 aliphatic carbocycles. The van der Waals surface area contributed by atoms with Crippen molar-refractivity contribution in [1.82, 2.24) is 9.55 Å². The number of primary amides is 1. The van der Waals surface area contributed by atoms with E-state index in [9.17, 15) is 13.6 Å². The van der Waals surface area contributed by atoms with Crippen molar-refractivity contribution < 1.29 is 13.6 Å². The van der Waals surface area contributed by atoms with E-state index in [-0.39, 0.29) is 17.3 Å². The number of amides is 1. The van der Waals surface area contributed by atoms with Crippen LogP contribution in [0.25, 0.3) is 0 Å². The van der Waals surface area contributed by atoms with Gasteiger partial charge in [-0.1, -0.05) is 0 Å². The van der Waals surface area contributed by atoms with Crippen molar-refractivity contribution in [2.24, 2.45) is 12.8 Å². The first-order valence-electron chi connectivity index (χ1n) is 5.92. The van der Waals surface area contributed by atoms with Gasteiger partial charge in [0.1, 0.15) is 17.5 Å². The average Bonchev–Trinajstić information content (AvgIpc) is 2.78. The second-order valence-corrected chi connectivity index (χ2v) is 4.44. The van der Waals surface area contributed by atoms with Crippen molar-refractivity contribution in [3.05, 3.63) is 47.5 Å². The lowest BCUT2D eigenvalue weighted by atomic mass is 10.1. The van der Waals surface area contributed by atoms with E-state index in [0.29, 0.717) is 11.9 Å². The Bertz CT molecular complexity index is 654. The highest BCUT2D eigenvalue weighted by molar-refractivity contribution is 5.94. The largest absolute Gasteiger partial charge is 0.373 e. The Hall–Kier alpha value is -2.44. The number of rotatable bonds is 4. The third-order valence-corrected chi connectivity index (χ3v) is 2.94. The molecule has 1 aromatic carbocycles. The molecule has 0 saturated carbocycles. The van der Waals surface area contributed by atoms with Crippen LogP contribution in [0.5, 0.6) is 0 Å². The third kappa shape index (κ3) is 2.61. The van der Waals surface area contributed by atoms with Gasteiger partial charge in [0.15, 0.2) is 0 Å². The summed E-state index contributed by atoms with van der Waals surface area (Å²) in [6.45, 7) is 1.77. The number of nitrogens with one attached hydrogen (secondary N) is 1. The van der Waals surface area contributed by atoms with Crippen molar-refractivity contribution in [2.75, 3.05) is 5.32 Å². The van der Waals surface area contributed by atoms with Crippen LogP contribution in [0.2, 0.25) is 0 Å². The summed E-state index contributed by atoms with van der Waals surface area (Å²) in [5.74, 6) is -2.05. The first-order chi connectivity index (χ1) is 9.40. The lowest BCUT2D eigenvalue weighted by molar-refractivity contribution is 0.0996. The second-order valence-electron chi connectivity index (χ2n) is 4.44. The summed E-state index contributed by atoms with van der Waals surface area (Å²) in [5.41, 5.74) is 4.67. The normalized spacial score (nSPS) is 12.2. The first kappa shape index (κ1) is 14.0. The molecule has 0 spiro atoms. The van der Waals surface area contributed by atoms with E-state index in [1.807, 2.05) is 0 Å². The number of hydrogen-bond acceptors (Lipinski definition) is 3. The number of aryl methyl sites for hydroxylation is 1. The van der Waals surface area contributed by atoms with E-state index >= 15 is 0 Å². The maximum Gasteiger partial charge on any atom is 0.251 e. The SMILES string of the molecule is CC(Nc1cc(C(N)=O)c(F)cc1F)c1nccn1C. The molecular formula is C13H14F2N4O. The third-order valence-electron chi connectivity index (χ3n) is 2.94. The quantitative estimate of drug-likeness (QED) is 0.899. The zero-order chi connectivity index (χ0) is 14.9. The molecule has 2 aromatic rings. The van der Waals surface area contributed by atoms with Gasteiger partial charge in [-0.3, -0.25) is 4.79 Å². The molecule has 1 heterocycles. The van der Waals surface area contributed by atoms with Crippen LogP contribution >= 0.6 is 0 Å². The molecule has 1 atom stereocenters. The molecule has 1 aromatic heterocycles. The van der Waals surface area contributed by atoms with Crippen LogP contribution in [-0.2, 0) is 7.05 Å². The summed E-state index contributed by atoms with van der Waals surface area (Å²) in [4.78, 5) is 15.2. The highest BCUT2D eigenvalue weighted by atomic mass is 19.1. The van der Waals surface area contributed by atoms with Crippen molar-refractivity contribution in [3.63, 3.8) is 0 Å². The van der Waals surface area contributed by atoms with Crippen LogP contribution in [0, 0.1) is 11.6 Å². The fraction of sp³-hybridized carbons (Fsp3) is 0.231. The van der Waals surface area contributed by atoms with Crippen LogP contribution in [0.1, 0.15) is 29.1 Å². The number of carbonyl (C=O) groups excluding carboxylic acids is 1. The number of benzene rings is 1. The molecule has 0 aliphatic rings. The highest BCUT2D eigenvalue weighted by Gasteiger charge is 2.17. The predicted molar refractivity (Wildman–Crippen MR) is 70.1 cm³/mol. The van der Waals surface area contributed by atoms with E-state index < -0.39 is 17.5 Å². The maximum absolute atomic E-state index is 13.7. The minimum atomic E-state index is -0.981. The zero-order valence-corrected chi connectivity index (χ0v) is 11.0. The number of imidazole rings is 1. The Morgan fingerprint density at radius 2 is 2.10 bits per heavy atom. The van der Waals surface area contributed by atoms with Crippen LogP contribution in [0.3, 0.4) is 0 Å². The number of carbonyl (C=O) groups is 1. The molecule has 0 fully saturated rings. The van der Waals surface area contributed by atoms with Gasteiger partial charge in [0.05, 0.1) is 17.3 Å². The van der Waals surface area contributed by atoms with Gasteiger partial charge in [-0.05, 0) is 13.0 Å². The summed E-state index contributed by atoms with van der Waals surface area (Å²) in [7, 11) is 1.80. The van der Waals surface area contributed by atoms with Gasteiger partial charge in [0.2, 0.25) is 0 Å². The first-order valence-corrected chi connectivity index (χ1v) is 5.92. The van der Waals surface area contributed by atoms with Gasteiger partial charge < -0.3 is 15.6 Å². The zero-order valence-electron chi connectivity index (χ0n) is 11.0. The van der Waals surface area contributed by atoms with E-state index in [0.717, 1.165) is 6.07 Å². The molecule has 2 rings (SSSR count). The molecule has 3 N–H and O–H groups in total. The molecular weight excluding hydrogens is 266 g/mol. The molecule has 1 unspecified atom stereocenters. The van der Waals surface area contributed by atoms with Crippen LogP contribution < -0.4 is 11.1 Å². The molecule has 1 amide bonds. The minimum Gasteiger partial charge on any atom is -0.373 e. The molecule has 0 bridgehead atoms. The molecule has 5 nitrogen and oxygen atoms in total. The fourth-order valence-corrected chi connectivity index (χ4v) is 1.94. The molecule has 0 radical (unpaired) electrons. The van der Waals surface area contributed by atoms with Crippen LogP contribution in [0.15, 0.2) is 24.5 Å². The van der Waals surface area contributed by atoms with E-state index in [4.69, 9.17) is 5.73 Å². The van der Waals surface area contributed by atoms with Gasteiger partial charge in [-0.15, -0.1) is 0 Å². The highest BCUT2D eigenvalue weighted by Crippen LogP contribution is 2.23. The van der Waals surface area contributed by atoms with Gasteiger partial charge in [0.25, 0.3) is 5.91 Å². The number of aromatic nitrogens is 2. The Morgan fingerprint density at radius 3 is 2.65 bits per heavy atom. The van der Waals surface area contributed by atoms with Crippen LogP contribution in [-0.4, -0.2) is 15.5 Å². The number of hydrogen-bond donors (Lipinski definition) is 2. The van der Waals surface area contributed by atoms with Crippen molar-refractivity contribution in [1.29, 1.82) is 0 Å². The summed E-state index contributed by atoms with van der Waals surface area (Å²) in [5, 5.41) is 2.84. The monoisotopic (exact) mass is 280 g/mol. The number of halogens is 2. The topological polar surface area (TPSA) is 72.9 Å². The molecule has 0 aliphatic heterocycles. The summed E-state index contributed by atoms with van der Waals surface area (Å²) in [6, 6.07) is 1.37. The minimum absolute atomic E-state index is 0.00398. The average molecular weight is 280 g/mol. The fourth-order valence-electron chi connectivity index (χ4n) is 1.94. The van der Waals surface area contributed by atoms with Crippen molar-refractivity contribution >= 4 is 11.6 Å². The Balaban J connectivity index is 2.32. The van der Waals surface area contributed by atoms with Crippen LogP contribution in [0.4, 0.5) is 14.5 Å². The van der Waals surface area contributed by atoms with E-state index in [2.05, 4.69) is 10.3 Å². The lowest BCUT2D eigenvalue weighted by Gasteiger charge is -2.16. The van der Waals surface area contributed by atoms with Gasteiger partial charge in [0, 0.05) is 25.5 Å². The predicted octanol–water partition coefficient (Wildman–Crippen LogP) is 1.97. The van der Waals surface area contributed by atoms with Gasteiger partial charge in [-0.25, -0.2) is 13.8 Å². The molecule has 20 heavy (non-hydrogen) atoms. The Labute approximate surface area is 114 Å². The molecule has 0 saturated heterocycles. The van der Waals surface area contributed by atoms with Gasteiger partial charge in [-0.2, -0.15) is 0 Å². The van der Waals surface area contributed by atoms with E-state index in [1.165, 1.54) is 0 Å². The second kappa shape index (κ2) is 5.28. The smallest absolute Gasteiger partial charge is 0.251 e. The Morgan fingerprint density at radius 1 is 1.40 bits per heavy atom. The molecule has 106 valence electrons. The standard InChI is InChI=1S/C13H14F2N4O/c1-7(13-17-3-4-19(13)2)18-11-5-8(12(16)20)9(14)6-10(11)15/h3-7,18H,1-2H3,(H2,16,20). The summed E-state index contributed by atoms with van der Waals surface area (Å²) in [6.07, 6.45) is 3.37. The maximum atomic E-state index is 13.7. The number of anilines is 1. The van der Waals surface area contributed by atoms with Gasteiger partial charge >= 0.3 is 0 Å². The van der Waals surface area contributed by atoms with Crippen molar-refractivity contribution in [2.45, 2.75) is 13.0 Å². The summed E-state index contributed by atoms with van der Waals surface area (Å²) >= 11 is 0. The van der Waals surface area contributed by atoms with E-state index in [1.54, 1.807) is 30.9 Å². The Kier molecular flexibility index (Phi) is 3.69. The summed E-state index contributed by atoms with van der Waals surface area (Å²) < 4.78 is 28.9. The molecule has 7 heteroatoms.